The number of para-hydroxylation sites is 1. The molecule has 0 unspecified atom stereocenters. The van der Waals surface area contributed by atoms with E-state index in [1.54, 1.807) is 18.2 Å². The van der Waals surface area contributed by atoms with Crippen molar-refractivity contribution in [3.8, 4) is 11.5 Å². The van der Waals surface area contributed by atoms with Crippen molar-refractivity contribution in [3.63, 3.8) is 0 Å². The van der Waals surface area contributed by atoms with Crippen molar-refractivity contribution in [1.82, 2.24) is 5.32 Å². The molecule has 2 amide bonds. The van der Waals surface area contributed by atoms with Gasteiger partial charge in [0.25, 0.3) is 11.8 Å². The van der Waals surface area contributed by atoms with Gasteiger partial charge in [-0.05, 0) is 118 Å². The van der Waals surface area contributed by atoms with Crippen molar-refractivity contribution >= 4 is 86.1 Å². The molecule has 3 aromatic carbocycles. The molecule has 1 N–H and O–H groups in total. The Bertz CT molecular complexity index is 1380. The topological polar surface area (TPSA) is 67.9 Å². The van der Waals surface area contributed by atoms with Crippen molar-refractivity contribution in [2.75, 3.05) is 11.5 Å². The first kappa shape index (κ1) is 26.5. The number of nitrogens with zero attached hydrogens (tertiary/aromatic N) is 1. The van der Waals surface area contributed by atoms with Gasteiger partial charge < -0.3 is 9.47 Å². The molecule has 0 spiro atoms. The third-order valence-corrected chi connectivity index (χ3v) is 6.94. The van der Waals surface area contributed by atoms with Crippen LogP contribution >= 0.6 is 57.4 Å². The molecule has 36 heavy (non-hydrogen) atoms. The monoisotopic (exact) mass is 728 g/mol. The van der Waals surface area contributed by atoms with Crippen molar-refractivity contribution in [1.29, 1.82) is 0 Å². The molecule has 10 heteroatoms. The lowest BCUT2D eigenvalue weighted by atomic mass is 10.1. The summed E-state index contributed by atoms with van der Waals surface area (Å²) in [5, 5.41) is 2.28. The Hall–Kier alpha value is -2.58. The SMILES string of the molecule is CCOc1cc(/C=C2\C(=O)NC(=S)N(c3ccccc3F)C2=O)cc(I)c1OCc1ccc(I)cc1. The van der Waals surface area contributed by atoms with Crippen molar-refractivity contribution in [2.24, 2.45) is 0 Å². The molecule has 0 radical (unpaired) electrons. The summed E-state index contributed by atoms with van der Waals surface area (Å²) in [5.41, 5.74) is 1.33. The maximum Gasteiger partial charge on any atom is 0.270 e. The molecule has 1 aliphatic heterocycles. The summed E-state index contributed by atoms with van der Waals surface area (Å²) in [6.07, 6.45) is 1.43. The van der Waals surface area contributed by atoms with Crippen LogP contribution in [0, 0.1) is 13.0 Å². The quantitative estimate of drug-likeness (QED) is 0.143. The second-order valence-electron chi connectivity index (χ2n) is 7.59. The number of rotatable bonds is 7. The van der Waals surface area contributed by atoms with E-state index in [2.05, 4.69) is 50.5 Å². The summed E-state index contributed by atoms with van der Waals surface area (Å²) < 4.78 is 28.1. The Morgan fingerprint density at radius 3 is 2.47 bits per heavy atom. The number of benzene rings is 3. The molecule has 184 valence electrons. The summed E-state index contributed by atoms with van der Waals surface area (Å²) in [7, 11) is 0. The van der Waals surface area contributed by atoms with Crippen molar-refractivity contribution in [2.45, 2.75) is 13.5 Å². The predicted octanol–water partition coefficient (Wildman–Crippen LogP) is 5.84. The van der Waals surface area contributed by atoms with Gasteiger partial charge in [-0.3, -0.25) is 14.9 Å². The second-order valence-corrected chi connectivity index (χ2v) is 10.4. The van der Waals surface area contributed by atoms with Crippen LogP contribution in [-0.4, -0.2) is 23.5 Å². The van der Waals surface area contributed by atoms with E-state index in [4.69, 9.17) is 21.7 Å². The van der Waals surface area contributed by atoms with Crippen LogP contribution in [-0.2, 0) is 16.2 Å². The van der Waals surface area contributed by atoms with Gasteiger partial charge in [-0.1, -0.05) is 24.3 Å². The summed E-state index contributed by atoms with van der Waals surface area (Å²) in [5.74, 6) is -0.976. The van der Waals surface area contributed by atoms with Crippen LogP contribution in [0.4, 0.5) is 10.1 Å². The fourth-order valence-electron chi connectivity index (χ4n) is 3.49. The molecule has 1 aliphatic rings. The number of thiocarbonyl (C=S) groups is 1. The van der Waals surface area contributed by atoms with E-state index in [-0.39, 0.29) is 16.4 Å². The van der Waals surface area contributed by atoms with E-state index in [0.29, 0.717) is 30.3 Å². The lowest BCUT2D eigenvalue weighted by molar-refractivity contribution is -0.122. The van der Waals surface area contributed by atoms with Crippen LogP contribution in [0.5, 0.6) is 11.5 Å². The van der Waals surface area contributed by atoms with Crippen molar-refractivity contribution in [3.05, 3.63) is 90.3 Å². The fourth-order valence-corrected chi connectivity index (χ4v) is 4.90. The second kappa shape index (κ2) is 11.6. The van der Waals surface area contributed by atoms with Crippen molar-refractivity contribution < 1.29 is 23.5 Å². The van der Waals surface area contributed by atoms with Crippen LogP contribution in [0.15, 0.2) is 66.2 Å². The predicted molar refractivity (Wildman–Crippen MR) is 156 cm³/mol. The Balaban J connectivity index is 1.66. The third kappa shape index (κ3) is 5.86. The van der Waals surface area contributed by atoms with Gasteiger partial charge in [-0.15, -0.1) is 0 Å². The fraction of sp³-hybridized carbons (Fsp3) is 0.115. The van der Waals surface area contributed by atoms with Crippen LogP contribution in [0.2, 0.25) is 0 Å². The molecule has 0 bridgehead atoms. The van der Waals surface area contributed by atoms with Gasteiger partial charge in [-0.2, -0.15) is 0 Å². The van der Waals surface area contributed by atoms with Gasteiger partial charge in [0.2, 0.25) is 0 Å². The van der Waals surface area contributed by atoms with Crippen LogP contribution in [0.3, 0.4) is 0 Å². The maximum atomic E-state index is 14.4. The Morgan fingerprint density at radius 1 is 1.06 bits per heavy atom. The third-order valence-electron chi connectivity index (χ3n) is 5.13. The summed E-state index contributed by atoms with van der Waals surface area (Å²) in [6.45, 7) is 2.60. The number of hydrogen-bond donors (Lipinski definition) is 1. The Morgan fingerprint density at radius 2 is 1.78 bits per heavy atom. The first-order valence-corrected chi connectivity index (χ1v) is 13.3. The number of amides is 2. The van der Waals surface area contributed by atoms with E-state index >= 15 is 0 Å². The van der Waals surface area contributed by atoms with Gasteiger partial charge in [-0.25, -0.2) is 9.29 Å². The molecule has 1 saturated heterocycles. The van der Waals surface area contributed by atoms with Gasteiger partial charge in [0, 0.05) is 3.57 Å². The number of carbonyl (C=O) groups is 2. The number of nitrogens with one attached hydrogen (secondary N) is 1. The molecule has 3 aromatic rings. The van der Waals surface area contributed by atoms with Crippen LogP contribution in [0.1, 0.15) is 18.1 Å². The maximum absolute atomic E-state index is 14.4. The average molecular weight is 728 g/mol. The van der Waals surface area contributed by atoms with Gasteiger partial charge in [0.05, 0.1) is 15.9 Å². The van der Waals surface area contributed by atoms with E-state index in [0.717, 1.165) is 17.6 Å². The summed E-state index contributed by atoms with van der Waals surface area (Å²) in [6, 6.07) is 17.2. The average Bonchev–Trinajstić information content (AvgIpc) is 2.83. The smallest absolute Gasteiger partial charge is 0.270 e. The summed E-state index contributed by atoms with van der Waals surface area (Å²) in [4.78, 5) is 26.9. The molecule has 6 nitrogen and oxygen atoms in total. The normalized spacial score (nSPS) is 14.7. The molecule has 1 fully saturated rings. The summed E-state index contributed by atoms with van der Waals surface area (Å²) >= 11 is 9.52. The number of carbonyl (C=O) groups excluding carboxylic acids is 2. The number of halogens is 3. The largest absolute Gasteiger partial charge is 0.490 e. The molecule has 0 aromatic heterocycles. The van der Waals surface area contributed by atoms with Gasteiger partial charge in [0.1, 0.15) is 18.0 Å². The van der Waals surface area contributed by atoms with Crippen LogP contribution < -0.4 is 19.7 Å². The lowest BCUT2D eigenvalue weighted by Gasteiger charge is -2.29. The number of hydrogen-bond acceptors (Lipinski definition) is 5. The lowest BCUT2D eigenvalue weighted by Crippen LogP contribution is -2.54. The highest BCUT2D eigenvalue weighted by atomic mass is 127. The first-order valence-electron chi connectivity index (χ1n) is 10.8. The van der Waals surface area contributed by atoms with E-state index in [1.165, 1.54) is 24.3 Å². The van der Waals surface area contributed by atoms with Crippen LogP contribution in [0.25, 0.3) is 6.08 Å². The Kier molecular flexibility index (Phi) is 8.57. The molecule has 4 rings (SSSR count). The van der Waals surface area contributed by atoms with E-state index in [9.17, 15) is 14.0 Å². The zero-order chi connectivity index (χ0) is 25.8. The molecular weight excluding hydrogens is 709 g/mol. The zero-order valence-corrected chi connectivity index (χ0v) is 24.0. The molecule has 0 atom stereocenters. The zero-order valence-electron chi connectivity index (χ0n) is 18.9. The first-order chi connectivity index (χ1) is 17.3. The highest BCUT2D eigenvalue weighted by Crippen LogP contribution is 2.36. The molecular formula is C26H19FI2N2O4S. The van der Waals surface area contributed by atoms with E-state index in [1.807, 2.05) is 31.2 Å². The molecule has 0 aliphatic carbocycles. The highest BCUT2D eigenvalue weighted by Gasteiger charge is 2.35. The minimum atomic E-state index is -0.721. The minimum Gasteiger partial charge on any atom is -0.490 e. The number of anilines is 1. The molecule has 0 saturated carbocycles. The highest BCUT2D eigenvalue weighted by molar-refractivity contribution is 14.1. The van der Waals surface area contributed by atoms with Gasteiger partial charge in [0.15, 0.2) is 16.6 Å². The van der Waals surface area contributed by atoms with E-state index < -0.39 is 17.6 Å². The van der Waals surface area contributed by atoms with Gasteiger partial charge >= 0.3 is 0 Å². The molecule has 1 heterocycles. The Labute approximate surface area is 240 Å². The number of ether oxygens (including phenoxy) is 2. The standard InChI is InChI=1S/C26H19FI2N2O4S/c1-2-34-22-13-16(12-20(29)23(22)35-14-15-7-9-17(28)10-8-15)11-18-24(32)30-26(36)31(25(18)33)21-6-4-3-5-19(21)27/h3-13H,2,14H2,1H3,(H,30,32,36)/b18-11+. The minimum absolute atomic E-state index is 0.0395.